The third-order valence-corrected chi connectivity index (χ3v) is 4.14. The molecule has 2 rings (SSSR count). The highest BCUT2D eigenvalue weighted by Gasteiger charge is 2.38. The molecule has 1 saturated heterocycles. The van der Waals surface area contributed by atoms with E-state index in [0.717, 1.165) is 17.8 Å². The number of rotatable bonds is 4. The number of carboxylic acid groups (broad SMARTS) is 1. The zero-order valence-electron chi connectivity index (χ0n) is 10.6. The summed E-state index contributed by atoms with van der Waals surface area (Å²) in [6, 6.07) is 3.62. The van der Waals surface area contributed by atoms with Crippen LogP contribution in [-0.4, -0.2) is 39.6 Å². The van der Waals surface area contributed by atoms with E-state index in [2.05, 4.69) is 0 Å². The second-order valence-electron chi connectivity index (χ2n) is 4.23. The average molecular weight is 297 g/mol. The Morgan fingerprint density at radius 3 is 2.75 bits per heavy atom. The van der Waals surface area contributed by atoms with Crippen molar-refractivity contribution in [2.45, 2.75) is 23.5 Å². The third-order valence-electron chi connectivity index (χ3n) is 2.97. The van der Waals surface area contributed by atoms with Gasteiger partial charge in [0.2, 0.25) is 11.8 Å². The first-order valence-electron chi connectivity index (χ1n) is 5.97. The molecule has 1 N–H and O–H groups in total. The molecule has 1 aromatic carbocycles. The predicted molar refractivity (Wildman–Crippen MR) is 70.0 cm³/mol. The molecule has 20 heavy (non-hydrogen) atoms. The van der Waals surface area contributed by atoms with Gasteiger partial charge < -0.3 is 5.11 Å². The van der Waals surface area contributed by atoms with Gasteiger partial charge in [-0.2, -0.15) is 0 Å². The van der Waals surface area contributed by atoms with Gasteiger partial charge in [0.05, 0.1) is 10.8 Å². The summed E-state index contributed by atoms with van der Waals surface area (Å²) in [6.07, 6.45) is 0.0805. The number of carbonyl (C=O) groups is 3. The largest absolute Gasteiger partial charge is 0.478 e. The number of nitrogens with zero attached hydrogens (tertiary/aromatic N) is 1. The number of hydrogen-bond donors (Lipinski definition) is 1. The fourth-order valence-electron chi connectivity index (χ4n) is 1.98. The van der Waals surface area contributed by atoms with Crippen LogP contribution in [0.2, 0.25) is 0 Å². The number of carbonyl (C=O) groups excluding carboxylic acids is 2. The summed E-state index contributed by atoms with van der Waals surface area (Å²) in [5.74, 6) is -2.72. The minimum atomic E-state index is -1.37. The molecule has 0 aromatic heterocycles. The molecule has 106 valence electrons. The summed E-state index contributed by atoms with van der Waals surface area (Å²) in [5.41, 5.74) is -0.445. The van der Waals surface area contributed by atoms with E-state index in [-0.39, 0.29) is 18.2 Å². The van der Waals surface area contributed by atoms with Gasteiger partial charge in [0, 0.05) is 17.9 Å². The molecular weight excluding hydrogens is 285 g/mol. The summed E-state index contributed by atoms with van der Waals surface area (Å²) in [6.45, 7) is 2.03. The van der Waals surface area contributed by atoms with E-state index in [0.29, 0.717) is 11.4 Å². The van der Waals surface area contributed by atoms with Crippen LogP contribution in [0.25, 0.3) is 0 Å². The fraction of sp³-hybridized carbons (Fsp3) is 0.308. The van der Waals surface area contributed by atoms with E-state index < -0.39 is 22.6 Å². The maximum absolute atomic E-state index is 13.3. The van der Waals surface area contributed by atoms with Crippen LogP contribution >= 0.6 is 11.8 Å². The zero-order chi connectivity index (χ0) is 14.9. The highest BCUT2D eigenvalue weighted by molar-refractivity contribution is 8.00. The van der Waals surface area contributed by atoms with Gasteiger partial charge in [-0.15, -0.1) is 11.8 Å². The first-order chi connectivity index (χ1) is 9.43. The van der Waals surface area contributed by atoms with Crippen LogP contribution in [0.1, 0.15) is 23.7 Å². The highest BCUT2D eigenvalue weighted by Crippen LogP contribution is 2.32. The average Bonchev–Trinajstić information content (AvgIpc) is 2.66. The second-order valence-corrected chi connectivity index (χ2v) is 5.51. The lowest BCUT2D eigenvalue weighted by atomic mass is 10.2. The minimum absolute atomic E-state index is 0.0805. The number of thioether (sulfide) groups is 1. The molecule has 1 heterocycles. The number of carboxylic acids is 1. The smallest absolute Gasteiger partial charge is 0.338 e. The molecule has 0 aliphatic carbocycles. The number of likely N-dealkylation sites (tertiary alicyclic amines) is 1. The van der Waals surface area contributed by atoms with Gasteiger partial charge in [-0.25, -0.2) is 9.18 Å². The normalized spacial score (nSPS) is 18.7. The summed E-state index contributed by atoms with van der Waals surface area (Å²) in [4.78, 5) is 36.0. The lowest BCUT2D eigenvalue weighted by Gasteiger charge is -2.11. The highest BCUT2D eigenvalue weighted by atomic mass is 32.2. The summed E-state index contributed by atoms with van der Waals surface area (Å²) in [7, 11) is 0. The fourth-order valence-corrected chi connectivity index (χ4v) is 3.10. The predicted octanol–water partition coefficient (Wildman–Crippen LogP) is 1.76. The van der Waals surface area contributed by atoms with E-state index in [1.165, 1.54) is 17.0 Å². The first kappa shape index (κ1) is 14.5. The SMILES string of the molecule is CCN1C(=O)CC(Sc2ccc(F)c(C(=O)O)c2)C1=O. The quantitative estimate of drug-likeness (QED) is 0.857. The molecule has 0 spiro atoms. The summed E-state index contributed by atoms with van der Waals surface area (Å²) in [5, 5.41) is 8.27. The van der Waals surface area contributed by atoms with Gasteiger partial charge in [-0.05, 0) is 25.1 Å². The van der Waals surface area contributed by atoms with E-state index in [1.807, 2.05) is 0 Å². The summed E-state index contributed by atoms with van der Waals surface area (Å²) >= 11 is 1.08. The van der Waals surface area contributed by atoms with Crippen LogP contribution in [0.5, 0.6) is 0 Å². The van der Waals surface area contributed by atoms with Crippen LogP contribution in [0, 0.1) is 5.82 Å². The Bertz CT molecular complexity index is 590. The van der Waals surface area contributed by atoms with Crippen molar-refractivity contribution in [1.29, 1.82) is 0 Å². The molecule has 1 unspecified atom stereocenters. The van der Waals surface area contributed by atoms with Crippen molar-refractivity contribution in [3.63, 3.8) is 0 Å². The maximum Gasteiger partial charge on any atom is 0.338 e. The number of aromatic carboxylic acids is 1. The molecule has 1 aromatic rings. The van der Waals surface area contributed by atoms with Gasteiger partial charge in [0.1, 0.15) is 5.82 Å². The van der Waals surface area contributed by atoms with Crippen LogP contribution < -0.4 is 0 Å². The van der Waals surface area contributed by atoms with Crippen molar-refractivity contribution in [3.05, 3.63) is 29.6 Å². The molecule has 0 radical (unpaired) electrons. The molecule has 1 atom stereocenters. The van der Waals surface area contributed by atoms with Gasteiger partial charge >= 0.3 is 5.97 Å². The lowest BCUT2D eigenvalue weighted by Crippen LogP contribution is -2.30. The molecule has 7 heteroatoms. The van der Waals surface area contributed by atoms with Crippen molar-refractivity contribution >= 4 is 29.5 Å². The maximum atomic E-state index is 13.3. The minimum Gasteiger partial charge on any atom is -0.478 e. The molecule has 1 fully saturated rings. The molecule has 1 aliphatic heterocycles. The first-order valence-corrected chi connectivity index (χ1v) is 6.85. The molecule has 5 nitrogen and oxygen atoms in total. The summed E-state index contributed by atoms with van der Waals surface area (Å²) < 4.78 is 13.3. The topological polar surface area (TPSA) is 74.7 Å². The van der Waals surface area contributed by atoms with Gasteiger partial charge in [-0.1, -0.05) is 0 Å². The molecule has 2 amide bonds. The molecular formula is C13H12FNO4S. The lowest BCUT2D eigenvalue weighted by molar-refractivity contribution is -0.137. The van der Waals surface area contributed by atoms with E-state index in [1.54, 1.807) is 6.92 Å². The van der Waals surface area contributed by atoms with Crippen LogP contribution in [0.4, 0.5) is 4.39 Å². The van der Waals surface area contributed by atoms with Gasteiger partial charge in [0.25, 0.3) is 0 Å². The Hall–Kier alpha value is -1.89. The van der Waals surface area contributed by atoms with E-state index >= 15 is 0 Å². The molecule has 1 aliphatic rings. The van der Waals surface area contributed by atoms with Crippen LogP contribution in [0.3, 0.4) is 0 Å². The monoisotopic (exact) mass is 297 g/mol. The number of hydrogen-bond acceptors (Lipinski definition) is 4. The van der Waals surface area contributed by atoms with Gasteiger partial charge in [0.15, 0.2) is 0 Å². The third kappa shape index (κ3) is 2.67. The number of benzene rings is 1. The Morgan fingerprint density at radius 2 is 2.20 bits per heavy atom. The van der Waals surface area contributed by atoms with E-state index in [9.17, 15) is 18.8 Å². The number of halogens is 1. The standard InChI is InChI=1S/C13H12FNO4S/c1-2-15-11(16)6-10(12(15)17)20-7-3-4-9(14)8(5-7)13(18)19/h3-5,10H,2,6H2,1H3,(H,18,19). The number of amides is 2. The van der Waals surface area contributed by atoms with Crippen molar-refractivity contribution in [2.24, 2.45) is 0 Å². The van der Waals surface area contributed by atoms with Crippen molar-refractivity contribution in [1.82, 2.24) is 4.90 Å². The molecule has 0 bridgehead atoms. The van der Waals surface area contributed by atoms with Crippen LogP contribution in [-0.2, 0) is 9.59 Å². The molecule has 0 saturated carbocycles. The Kier molecular flexibility index (Phi) is 4.08. The van der Waals surface area contributed by atoms with Crippen molar-refractivity contribution in [2.75, 3.05) is 6.54 Å². The van der Waals surface area contributed by atoms with E-state index in [4.69, 9.17) is 5.11 Å². The Morgan fingerprint density at radius 1 is 1.50 bits per heavy atom. The van der Waals surface area contributed by atoms with Gasteiger partial charge in [-0.3, -0.25) is 14.5 Å². The second kappa shape index (κ2) is 5.62. The Balaban J connectivity index is 2.19. The Labute approximate surface area is 118 Å². The van der Waals surface area contributed by atoms with Crippen molar-refractivity contribution in [3.8, 4) is 0 Å². The zero-order valence-corrected chi connectivity index (χ0v) is 11.4. The van der Waals surface area contributed by atoms with Crippen molar-refractivity contribution < 1.29 is 23.9 Å². The van der Waals surface area contributed by atoms with Crippen LogP contribution in [0.15, 0.2) is 23.1 Å². The number of imide groups is 1.